The standard InChI is InChI=1S/C18H27N3O2/c22-17(10-16(13-4-1-5-13)14-6-2-7-14)21-9-3-8-15(11-21)18-19-12-23-20-18/h12-16H,1-11H2. The number of likely N-dealkylation sites (tertiary alicyclic amines) is 1. The first-order chi connectivity index (χ1) is 11.3. The van der Waals surface area contributed by atoms with E-state index in [-0.39, 0.29) is 5.92 Å². The van der Waals surface area contributed by atoms with Crippen molar-refractivity contribution in [3.05, 3.63) is 12.2 Å². The van der Waals surface area contributed by atoms with E-state index in [0.717, 1.165) is 50.0 Å². The van der Waals surface area contributed by atoms with Crippen LogP contribution < -0.4 is 0 Å². The van der Waals surface area contributed by atoms with E-state index in [4.69, 9.17) is 4.52 Å². The third-order valence-electron chi connectivity index (χ3n) is 6.44. The van der Waals surface area contributed by atoms with E-state index in [0.29, 0.717) is 11.8 Å². The molecule has 1 aromatic heterocycles. The molecule has 1 amide bonds. The molecule has 0 bridgehead atoms. The van der Waals surface area contributed by atoms with Gasteiger partial charge in [-0.05, 0) is 30.6 Å². The molecule has 0 spiro atoms. The van der Waals surface area contributed by atoms with Crippen molar-refractivity contribution < 1.29 is 9.32 Å². The molecule has 2 aliphatic carbocycles. The lowest BCUT2D eigenvalue weighted by Crippen LogP contribution is -2.42. The van der Waals surface area contributed by atoms with E-state index < -0.39 is 0 Å². The summed E-state index contributed by atoms with van der Waals surface area (Å²) in [5.74, 6) is 3.66. The van der Waals surface area contributed by atoms with Gasteiger partial charge in [-0.1, -0.05) is 43.7 Å². The first-order valence-electron chi connectivity index (χ1n) is 9.35. The second-order valence-electron chi connectivity index (χ2n) is 7.72. The van der Waals surface area contributed by atoms with Crippen molar-refractivity contribution in [2.24, 2.45) is 17.8 Å². The molecular formula is C18H27N3O2. The number of hydrogen-bond donors (Lipinski definition) is 0. The number of amides is 1. The molecule has 23 heavy (non-hydrogen) atoms. The van der Waals surface area contributed by atoms with Crippen LogP contribution in [-0.4, -0.2) is 34.0 Å². The van der Waals surface area contributed by atoms with Gasteiger partial charge in [0.15, 0.2) is 5.82 Å². The molecule has 1 unspecified atom stereocenters. The Bertz CT molecular complexity index is 508. The molecule has 0 radical (unpaired) electrons. The number of rotatable bonds is 5. The fourth-order valence-corrected chi connectivity index (χ4v) is 4.56. The Balaban J connectivity index is 1.37. The monoisotopic (exact) mass is 317 g/mol. The molecule has 3 fully saturated rings. The Hall–Kier alpha value is -1.39. The molecule has 1 saturated heterocycles. The van der Waals surface area contributed by atoms with Crippen LogP contribution >= 0.6 is 0 Å². The predicted octanol–water partition coefficient (Wildman–Crippen LogP) is 3.38. The minimum absolute atomic E-state index is 0.248. The fourth-order valence-electron chi connectivity index (χ4n) is 4.56. The average molecular weight is 317 g/mol. The summed E-state index contributed by atoms with van der Waals surface area (Å²) in [6.45, 7) is 1.66. The van der Waals surface area contributed by atoms with E-state index in [9.17, 15) is 4.79 Å². The minimum atomic E-state index is 0.248. The maximum Gasteiger partial charge on any atom is 0.222 e. The van der Waals surface area contributed by atoms with Gasteiger partial charge < -0.3 is 9.42 Å². The number of aromatic nitrogens is 2. The van der Waals surface area contributed by atoms with Gasteiger partial charge in [0, 0.05) is 25.4 Å². The number of nitrogens with zero attached hydrogens (tertiary/aromatic N) is 3. The molecule has 5 heteroatoms. The summed E-state index contributed by atoms with van der Waals surface area (Å²) >= 11 is 0. The first-order valence-corrected chi connectivity index (χ1v) is 9.35. The lowest BCUT2D eigenvalue weighted by molar-refractivity contribution is -0.135. The largest absolute Gasteiger partial charge is 0.343 e. The van der Waals surface area contributed by atoms with Crippen LogP contribution in [0.5, 0.6) is 0 Å². The average Bonchev–Trinajstić information content (AvgIpc) is 2.98. The van der Waals surface area contributed by atoms with Crippen LogP contribution in [0.1, 0.15) is 69.5 Å². The summed E-state index contributed by atoms with van der Waals surface area (Å²) in [7, 11) is 0. The van der Waals surface area contributed by atoms with Crippen LogP contribution in [0.3, 0.4) is 0 Å². The van der Waals surface area contributed by atoms with Crippen LogP contribution in [-0.2, 0) is 4.79 Å². The lowest BCUT2D eigenvalue weighted by atomic mass is 9.63. The quantitative estimate of drug-likeness (QED) is 0.835. The molecule has 2 saturated carbocycles. The second kappa shape index (κ2) is 6.62. The van der Waals surface area contributed by atoms with Crippen LogP contribution in [0.15, 0.2) is 10.9 Å². The Morgan fingerprint density at radius 2 is 1.91 bits per heavy atom. The summed E-state index contributed by atoms with van der Waals surface area (Å²) in [6, 6.07) is 0. The second-order valence-corrected chi connectivity index (χ2v) is 7.72. The maximum atomic E-state index is 12.9. The van der Waals surface area contributed by atoms with Crippen LogP contribution in [0.25, 0.3) is 0 Å². The number of piperidine rings is 1. The summed E-state index contributed by atoms with van der Waals surface area (Å²) < 4.78 is 4.87. The normalized spacial score (nSPS) is 26.1. The van der Waals surface area contributed by atoms with Crippen molar-refractivity contribution in [1.82, 2.24) is 15.0 Å². The fraction of sp³-hybridized carbons (Fsp3) is 0.833. The highest BCUT2D eigenvalue weighted by Crippen LogP contribution is 2.46. The summed E-state index contributed by atoms with van der Waals surface area (Å²) in [5.41, 5.74) is 0. The third-order valence-corrected chi connectivity index (χ3v) is 6.44. The predicted molar refractivity (Wildman–Crippen MR) is 85.6 cm³/mol. The highest BCUT2D eigenvalue weighted by atomic mass is 16.5. The molecule has 0 aromatic carbocycles. The van der Waals surface area contributed by atoms with Gasteiger partial charge in [0.2, 0.25) is 12.3 Å². The maximum absolute atomic E-state index is 12.9. The lowest BCUT2D eigenvalue weighted by Gasteiger charge is -2.43. The smallest absolute Gasteiger partial charge is 0.222 e. The molecule has 2 heterocycles. The van der Waals surface area contributed by atoms with Gasteiger partial charge in [-0.25, -0.2) is 0 Å². The Labute approximate surface area is 137 Å². The van der Waals surface area contributed by atoms with E-state index in [1.807, 2.05) is 0 Å². The van der Waals surface area contributed by atoms with Gasteiger partial charge in [-0.2, -0.15) is 4.98 Å². The third kappa shape index (κ3) is 3.15. The molecule has 1 atom stereocenters. The molecule has 1 aliphatic heterocycles. The van der Waals surface area contributed by atoms with E-state index in [1.165, 1.54) is 44.9 Å². The van der Waals surface area contributed by atoms with E-state index >= 15 is 0 Å². The van der Waals surface area contributed by atoms with Crippen LogP contribution in [0, 0.1) is 17.8 Å². The van der Waals surface area contributed by atoms with Gasteiger partial charge in [0.25, 0.3) is 0 Å². The summed E-state index contributed by atoms with van der Waals surface area (Å²) in [6.07, 6.45) is 12.4. The molecule has 1 aromatic rings. The molecule has 5 nitrogen and oxygen atoms in total. The summed E-state index contributed by atoms with van der Waals surface area (Å²) in [5, 5.41) is 3.97. The summed E-state index contributed by atoms with van der Waals surface area (Å²) in [4.78, 5) is 19.1. The molecular weight excluding hydrogens is 290 g/mol. The zero-order valence-electron chi connectivity index (χ0n) is 13.8. The number of hydrogen-bond acceptors (Lipinski definition) is 4. The van der Waals surface area contributed by atoms with Crippen LogP contribution in [0.4, 0.5) is 0 Å². The Morgan fingerprint density at radius 3 is 2.48 bits per heavy atom. The molecule has 0 N–H and O–H groups in total. The zero-order chi connectivity index (χ0) is 15.6. The Kier molecular flexibility index (Phi) is 4.36. The zero-order valence-corrected chi connectivity index (χ0v) is 13.8. The Morgan fingerprint density at radius 1 is 1.17 bits per heavy atom. The molecule has 3 aliphatic rings. The number of carbonyl (C=O) groups excluding carboxylic acids is 1. The highest BCUT2D eigenvalue weighted by Gasteiger charge is 2.38. The first kappa shape index (κ1) is 15.2. The van der Waals surface area contributed by atoms with Crippen LogP contribution in [0.2, 0.25) is 0 Å². The van der Waals surface area contributed by atoms with E-state index in [1.54, 1.807) is 0 Å². The molecule has 4 rings (SSSR count). The van der Waals surface area contributed by atoms with E-state index in [2.05, 4.69) is 15.0 Å². The van der Waals surface area contributed by atoms with Crippen molar-refractivity contribution in [1.29, 1.82) is 0 Å². The topological polar surface area (TPSA) is 59.2 Å². The van der Waals surface area contributed by atoms with Crippen molar-refractivity contribution >= 4 is 5.91 Å². The number of carbonyl (C=O) groups is 1. The van der Waals surface area contributed by atoms with Gasteiger partial charge in [0.1, 0.15) is 0 Å². The van der Waals surface area contributed by atoms with Crippen molar-refractivity contribution in [2.45, 2.75) is 63.7 Å². The van der Waals surface area contributed by atoms with Gasteiger partial charge in [0.05, 0.1) is 0 Å². The van der Waals surface area contributed by atoms with Gasteiger partial charge >= 0.3 is 0 Å². The molecule has 126 valence electrons. The minimum Gasteiger partial charge on any atom is -0.343 e. The SMILES string of the molecule is O=C(CC(C1CCC1)C1CCC1)N1CCCC(c2ncon2)C1. The van der Waals surface area contributed by atoms with Gasteiger partial charge in [-0.3, -0.25) is 4.79 Å². The highest BCUT2D eigenvalue weighted by molar-refractivity contribution is 5.76. The van der Waals surface area contributed by atoms with Crippen molar-refractivity contribution in [2.75, 3.05) is 13.1 Å². The van der Waals surface area contributed by atoms with Gasteiger partial charge in [-0.15, -0.1) is 0 Å². The van der Waals surface area contributed by atoms with Crippen molar-refractivity contribution in [3.63, 3.8) is 0 Å². The van der Waals surface area contributed by atoms with Crippen molar-refractivity contribution in [3.8, 4) is 0 Å².